The van der Waals surface area contributed by atoms with Crippen LogP contribution in [0, 0.1) is 0 Å². The van der Waals surface area contributed by atoms with E-state index in [1.165, 1.54) is 0 Å². The fourth-order valence-electron chi connectivity index (χ4n) is 2.71. The Bertz CT molecular complexity index is 515. The lowest BCUT2D eigenvalue weighted by atomic mass is 10.1. The molecule has 1 atom stereocenters. The number of carbonyl (C=O) groups is 1. The van der Waals surface area contributed by atoms with Gasteiger partial charge in [-0.15, -0.1) is 0 Å². The average molecular weight is 377 g/mol. The first-order chi connectivity index (χ1) is 9.97. The Morgan fingerprint density at radius 2 is 2.33 bits per heavy atom. The normalized spacial score (nSPS) is 19.6. The Kier molecular flexibility index (Phi) is 5.84. The van der Waals surface area contributed by atoms with Gasteiger partial charge in [0.2, 0.25) is 0 Å². The van der Waals surface area contributed by atoms with E-state index in [9.17, 15) is 4.79 Å². The highest BCUT2D eigenvalue weighted by Gasteiger charge is 2.23. The number of halogens is 2. The molecular formula is C14H19BrClN3O2. The zero-order chi connectivity index (χ0) is 15.4. The molecule has 0 aromatic carbocycles. The molecule has 116 valence electrons. The van der Waals surface area contributed by atoms with E-state index >= 15 is 0 Å². The molecule has 1 fully saturated rings. The minimum atomic E-state index is -0.781. The molecule has 0 saturated carbocycles. The summed E-state index contributed by atoms with van der Waals surface area (Å²) in [5.74, 6) is 0.0256. The third-order valence-corrected chi connectivity index (χ3v) is 4.51. The number of nitrogens with zero attached hydrogens (tertiary/aromatic N) is 3. The van der Waals surface area contributed by atoms with E-state index in [4.69, 9.17) is 16.7 Å². The number of hydrogen-bond acceptors (Lipinski definition) is 4. The molecule has 0 radical (unpaired) electrons. The number of aliphatic carboxylic acids is 1. The van der Waals surface area contributed by atoms with Crippen LogP contribution in [0.1, 0.15) is 19.3 Å². The zero-order valence-electron chi connectivity index (χ0n) is 11.9. The summed E-state index contributed by atoms with van der Waals surface area (Å²) >= 11 is 9.62. The molecule has 1 aromatic heterocycles. The summed E-state index contributed by atoms with van der Waals surface area (Å²) in [5, 5.41) is 9.53. The molecule has 1 unspecified atom stereocenters. The number of rotatable bonds is 4. The van der Waals surface area contributed by atoms with Gasteiger partial charge in [-0.2, -0.15) is 0 Å². The number of aromatic nitrogens is 1. The van der Waals surface area contributed by atoms with Crippen molar-refractivity contribution in [1.82, 2.24) is 9.88 Å². The monoisotopic (exact) mass is 375 g/mol. The van der Waals surface area contributed by atoms with Crippen molar-refractivity contribution in [3.05, 3.63) is 21.8 Å². The van der Waals surface area contributed by atoms with Gasteiger partial charge >= 0.3 is 5.97 Å². The van der Waals surface area contributed by atoms with E-state index in [0.29, 0.717) is 11.1 Å². The SMILES string of the molecule is CN(CC(=O)O)C1CCCN(c2ncc(Br)cc2Cl)CC1. The van der Waals surface area contributed by atoms with Gasteiger partial charge in [0.05, 0.1) is 11.6 Å². The van der Waals surface area contributed by atoms with Gasteiger partial charge in [0.15, 0.2) is 0 Å². The van der Waals surface area contributed by atoms with Gasteiger partial charge in [0, 0.05) is 29.8 Å². The van der Waals surface area contributed by atoms with Gasteiger partial charge in [-0.1, -0.05) is 11.6 Å². The number of carboxylic acid groups (broad SMARTS) is 1. The van der Waals surface area contributed by atoms with Crippen LogP contribution in [0.4, 0.5) is 5.82 Å². The smallest absolute Gasteiger partial charge is 0.317 e. The first kappa shape index (κ1) is 16.5. The largest absolute Gasteiger partial charge is 0.480 e. The van der Waals surface area contributed by atoms with Crippen molar-refractivity contribution in [2.75, 3.05) is 31.6 Å². The van der Waals surface area contributed by atoms with Crippen molar-refractivity contribution in [2.45, 2.75) is 25.3 Å². The average Bonchev–Trinajstić information content (AvgIpc) is 2.63. The number of hydrogen-bond donors (Lipinski definition) is 1. The molecule has 2 rings (SSSR count). The molecule has 2 heterocycles. The lowest BCUT2D eigenvalue weighted by Crippen LogP contribution is -2.36. The second-order valence-electron chi connectivity index (χ2n) is 5.34. The molecule has 5 nitrogen and oxygen atoms in total. The molecule has 0 amide bonds. The van der Waals surface area contributed by atoms with Gasteiger partial charge in [0.25, 0.3) is 0 Å². The van der Waals surface area contributed by atoms with Crippen molar-refractivity contribution in [2.24, 2.45) is 0 Å². The van der Waals surface area contributed by atoms with Crippen LogP contribution < -0.4 is 4.90 Å². The zero-order valence-corrected chi connectivity index (χ0v) is 14.3. The van der Waals surface area contributed by atoms with Crippen molar-refractivity contribution in [3.63, 3.8) is 0 Å². The number of anilines is 1. The van der Waals surface area contributed by atoms with E-state index in [-0.39, 0.29) is 6.54 Å². The standard InChI is InChI=1S/C14H19BrClN3O2/c1-18(9-13(20)21)11-3-2-5-19(6-4-11)14-12(16)7-10(15)8-17-14/h7-8,11H,2-6,9H2,1H3,(H,20,21). The number of pyridine rings is 1. The third kappa shape index (κ3) is 4.56. The summed E-state index contributed by atoms with van der Waals surface area (Å²) in [4.78, 5) is 19.3. The molecule has 7 heteroatoms. The minimum absolute atomic E-state index is 0.0853. The van der Waals surface area contributed by atoms with Gasteiger partial charge < -0.3 is 10.0 Å². The van der Waals surface area contributed by atoms with Gasteiger partial charge in [-0.3, -0.25) is 9.69 Å². The van der Waals surface area contributed by atoms with Crippen LogP contribution in [-0.4, -0.2) is 53.7 Å². The Balaban J connectivity index is 2.02. The maximum Gasteiger partial charge on any atom is 0.317 e. The Morgan fingerprint density at radius 1 is 1.57 bits per heavy atom. The van der Waals surface area contributed by atoms with E-state index in [0.717, 1.165) is 42.6 Å². The summed E-state index contributed by atoms with van der Waals surface area (Å²) in [6.07, 6.45) is 4.66. The van der Waals surface area contributed by atoms with Crippen molar-refractivity contribution in [1.29, 1.82) is 0 Å². The molecule has 0 bridgehead atoms. The number of carboxylic acids is 1. The van der Waals surface area contributed by atoms with Crippen molar-refractivity contribution >= 4 is 39.3 Å². The Labute approximate surface area is 138 Å². The lowest BCUT2D eigenvalue weighted by molar-refractivity contribution is -0.138. The van der Waals surface area contributed by atoms with Crippen LogP contribution >= 0.6 is 27.5 Å². The predicted octanol–water partition coefficient (Wildman–Crippen LogP) is 2.87. The van der Waals surface area contributed by atoms with E-state index in [1.807, 2.05) is 18.0 Å². The molecule has 1 aliphatic rings. The molecule has 1 aliphatic heterocycles. The predicted molar refractivity (Wildman–Crippen MR) is 87.1 cm³/mol. The topological polar surface area (TPSA) is 56.7 Å². The quantitative estimate of drug-likeness (QED) is 0.875. The highest BCUT2D eigenvalue weighted by molar-refractivity contribution is 9.10. The maximum atomic E-state index is 10.8. The highest BCUT2D eigenvalue weighted by atomic mass is 79.9. The van der Waals surface area contributed by atoms with Crippen LogP contribution in [0.2, 0.25) is 5.02 Å². The summed E-state index contributed by atoms with van der Waals surface area (Å²) in [6, 6.07) is 2.14. The van der Waals surface area contributed by atoms with Crippen LogP contribution in [0.3, 0.4) is 0 Å². The molecule has 1 N–H and O–H groups in total. The fraction of sp³-hybridized carbons (Fsp3) is 0.571. The Hall–Kier alpha value is -0.850. The highest BCUT2D eigenvalue weighted by Crippen LogP contribution is 2.28. The van der Waals surface area contributed by atoms with Crippen LogP contribution in [-0.2, 0) is 4.79 Å². The molecule has 1 aromatic rings. The second kappa shape index (κ2) is 7.42. The second-order valence-corrected chi connectivity index (χ2v) is 6.66. The number of likely N-dealkylation sites (N-methyl/N-ethyl adjacent to an activating group) is 1. The van der Waals surface area contributed by atoms with Gasteiger partial charge in [-0.05, 0) is 48.3 Å². The van der Waals surface area contributed by atoms with Crippen LogP contribution in [0.15, 0.2) is 16.7 Å². The first-order valence-corrected chi connectivity index (χ1v) is 8.12. The summed E-state index contributed by atoms with van der Waals surface area (Å²) < 4.78 is 0.866. The first-order valence-electron chi connectivity index (χ1n) is 6.95. The van der Waals surface area contributed by atoms with Crippen molar-refractivity contribution < 1.29 is 9.90 Å². The Morgan fingerprint density at radius 3 is 3.00 bits per heavy atom. The van der Waals surface area contributed by atoms with E-state index in [2.05, 4.69) is 25.8 Å². The molecule has 21 heavy (non-hydrogen) atoms. The third-order valence-electron chi connectivity index (χ3n) is 3.79. The maximum absolute atomic E-state index is 10.8. The van der Waals surface area contributed by atoms with Crippen LogP contribution in [0.25, 0.3) is 0 Å². The van der Waals surface area contributed by atoms with E-state index < -0.39 is 5.97 Å². The van der Waals surface area contributed by atoms with Crippen LogP contribution in [0.5, 0.6) is 0 Å². The molecule has 0 aliphatic carbocycles. The molecule has 0 spiro atoms. The summed E-state index contributed by atoms with van der Waals surface area (Å²) in [6.45, 7) is 1.82. The summed E-state index contributed by atoms with van der Waals surface area (Å²) in [5.41, 5.74) is 0. The van der Waals surface area contributed by atoms with Gasteiger partial charge in [0.1, 0.15) is 5.82 Å². The van der Waals surface area contributed by atoms with E-state index in [1.54, 1.807) is 6.20 Å². The van der Waals surface area contributed by atoms with Gasteiger partial charge in [-0.25, -0.2) is 4.98 Å². The lowest BCUT2D eigenvalue weighted by Gasteiger charge is -2.26. The fourth-order valence-corrected chi connectivity index (χ4v) is 3.46. The molecule has 1 saturated heterocycles. The summed E-state index contributed by atoms with van der Waals surface area (Å²) in [7, 11) is 1.87. The molecular weight excluding hydrogens is 358 g/mol. The minimum Gasteiger partial charge on any atom is -0.480 e. The van der Waals surface area contributed by atoms with Crippen molar-refractivity contribution in [3.8, 4) is 0 Å².